The molecule has 10 nitrogen and oxygen atoms in total. The molecular formula is C14H29N5O5. The van der Waals surface area contributed by atoms with Gasteiger partial charge in [0, 0.05) is 24.4 Å². The van der Waals surface area contributed by atoms with E-state index in [2.05, 4.69) is 20.2 Å². The van der Waals surface area contributed by atoms with Gasteiger partial charge in [-0.3, -0.25) is 4.79 Å². The van der Waals surface area contributed by atoms with Crippen molar-refractivity contribution in [2.75, 3.05) is 59.3 Å². The molecular weight excluding hydrogens is 318 g/mol. The predicted molar refractivity (Wildman–Crippen MR) is 88.1 cm³/mol. The minimum Gasteiger partial charge on any atom is -0.379 e. The van der Waals surface area contributed by atoms with Crippen LogP contribution in [0.4, 0.5) is 0 Å². The fraction of sp³-hybridized carbons (Fsp3) is 0.929. The molecule has 0 heterocycles. The topological polar surface area (TPSA) is 141 Å². The smallest absolute Gasteiger partial charge is 0.220 e. The van der Waals surface area contributed by atoms with E-state index in [0.717, 1.165) is 19.3 Å². The first-order chi connectivity index (χ1) is 11.8. The molecule has 0 aromatic rings. The molecule has 0 spiro atoms. The molecule has 0 radical (unpaired) electrons. The van der Waals surface area contributed by atoms with E-state index in [1.54, 1.807) is 0 Å². The van der Waals surface area contributed by atoms with Crippen molar-refractivity contribution in [2.45, 2.75) is 25.7 Å². The van der Waals surface area contributed by atoms with Gasteiger partial charge in [0.2, 0.25) is 5.91 Å². The molecule has 1 amide bonds. The Morgan fingerprint density at radius 3 is 2.29 bits per heavy atom. The van der Waals surface area contributed by atoms with E-state index < -0.39 is 0 Å². The lowest BCUT2D eigenvalue weighted by atomic mass is 10.2. The van der Waals surface area contributed by atoms with Crippen molar-refractivity contribution in [2.24, 2.45) is 11.0 Å². The van der Waals surface area contributed by atoms with Gasteiger partial charge in [0.15, 0.2) is 0 Å². The first-order valence-corrected chi connectivity index (χ1v) is 8.13. The molecule has 0 aliphatic carbocycles. The van der Waals surface area contributed by atoms with Crippen LogP contribution in [0.15, 0.2) is 5.11 Å². The Morgan fingerprint density at radius 1 is 0.958 bits per heavy atom. The van der Waals surface area contributed by atoms with Crippen LogP contribution in [0.25, 0.3) is 10.4 Å². The van der Waals surface area contributed by atoms with E-state index in [-0.39, 0.29) is 5.91 Å². The average molecular weight is 347 g/mol. The number of amides is 1. The van der Waals surface area contributed by atoms with E-state index >= 15 is 0 Å². The molecule has 0 saturated heterocycles. The van der Waals surface area contributed by atoms with Crippen LogP contribution in [0, 0.1) is 0 Å². The Balaban J connectivity index is 3.13. The fourth-order valence-electron chi connectivity index (χ4n) is 1.69. The largest absolute Gasteiger partial charge is 0.379 e. The Kier molecular flexibility index (Phi) is 18.5. The lowest BCUT2D eigenvalue weighted by Crippen LogP contribution is -2.27. The fourth-order valence-corrected chi connectivity index (χ4v) is 1.69. The van der Waals surface area contributed by atoms with Gasteiger partial charge in [-0.05, 0) is 18.4 Å². The average Bonchev–Trinajstić information content (AvgIpc) is 2.59. The molecule has 0 saturated carbocycles. The van der Waals surface area contributed by atoms with Crippen LogP contribution in [0.3, 0.4) is 0 Å². The van der Waals surface area contributed by atoms with E-state index in [0.29, 0.717) is 65.8 Å². The van der Waals surface area contributed by atoms with Gasteiger partial charge in [-0.15, -0.1) is 0 Å². The number of azide groups is 1. The highest BCUT2D eigenvalue weighted by Gasteiger charge is 2.00. The Morgan fingerprint density at radius 2 is 1.62 bits per heavy atom. The highest BCUT2D eigenvalue weighted by Crippen LogP contribution is 1.99. The zero-order valence-electron chi connectivity index (χ0n) is 14.2. The molecule has 0 bridgehead atoms. The number of nitrogens with two attached hydrogens (primary N) is 1. The molecule has 0 atom stereocenters. The van der Waals surface area contributed by atoms with Crippen molar-refractivity contribution < 1.29 is 23.8 Å². The Labute approximate surface area is 142 Å². The molecule has 0 fully saturated rings. The zero-order valence-corrected chi connectivity index (χ0v) is 14.2. The number of nitrogens with zero attached hydrogens (tertiary/aromatic N) is 3. The molecule has 0 unspecified atom stereocenters. The predicted octanol–water partition coefficient (Wildman–Crippen LogP) is 0.913. The van der Waals surface area contributed by atoms with Crippen LogP contribution in [0.5, 0.6) is 0 Å². The maximum Gasteiger partial charge on any atom is 0.220 e. The maximum absolute atomic E-state index is 11.5. The van der Waals surface area contributed by atoms with Crippen LogP contribution in [-0.4, -0.2) is 65.2 Å². The highest BCUT2D eigenvalue weighted by atomic mass is 16.6. The second kappa shape index (κ2) is 19.6. The zero-order chi connectivity index (χ0) is 17.7. The maximum atomic E-state index is 11.5. The van der Waals surface area contributed by atoms with Crippen LogP contribution in [-0.2, 0) is 23.8 Å². The first kappa shape index (κ1) is 22.6. The van der Waals surface area contributed by atoms with Gasteiger partial charge < -0.3 is 24.4 Å². The number of ether oxygens (including phenoxy) is 3. The van der Waals surface area contributed by atoms with Crippen LogP contribution in [0.1, 0.15) is 25.7 Å². The van der Waals surface area contributed by atoms with E-state index in [1.807, 2.05) is 0 Å². The van der Waals surface area contributed by atoms with Gasteiger partial charge >= 0.3 is 0 Å². The molecule has 3 N–H and O–H groups in total. The summed E-state index contributed by atoms with van der Waals surface area (Å²) in [5, 5.41) is 6.14. The molecule has 24 heavy (non-hydrogen) atoms. The quantitative estimate of drug-likeness (QED) is 0.124. The lowest BCUT2D eigenvalue weighted by Gasteiger charge is -2.07. The monoisotopic (exact) mass is 347 g/mol. The lowest BCUT2D eigenvalue weighted by molar-refractivity contribution is -0.121. The van der Waals surface area contributed by atoms with Gasteiger partial charge in [0.1, 0.15) is 0 Å². The second-order valence-corrected chi connectivity index (χ2v) is 4.82. The Hall–Kier alpha value is -1.42. The standard InChI is InChI=1S/C14H29N5O5/c15-19-18-6-9-22-11-13-23-12-10-21-8-5-17-14(20)4-2-1-3-7-24-16/h1-13,16H2,(H,17,20). The minimum absolute atomic E-state index is 0.0291. The number of carbonyl (C=O) groups is 1. The molecule has 140 valence electrons. The van der Waals surface area contributed by atoms with Crippen molar-refractivity contribution >= 4 is 5.91 Å². The van der Waals surface area contributed by atoms with Gasteiger partial charge in [0.25, 0.3) is 0 Å². The third-order valence-electron chi connectivity index (χ3n) is 2.88. The molecule has 0 rings (SSSR count). The summed E-state index contributed by atoms with van der Waals surface area (Å²) >= 11 is 0. The highest BCUT2D eigenvalue weighted by molar-refractivity contribution is 5.75. The Bertz CT molecular complexity index is 340. The van der Waals surface area contributed by atoms with Crippen molar-refractivity contribution in [3.05, 3.63) is 10.4 Å². The summed E-state index contributed by atoms with van der Waals surface area (Å²) in [5.74, 6) is 4.94. The third kappa shape index (κ3) is 18.6. The molecule has 0 aromatic heterocycles. The SMILES string of the molecule is [N-]=[N+]=NCCOCCOCCOCCNC(=O)CCCCCON. The summed E-state index contributed by atoms with van der Waals surface area (Å²) < 4.78 is 15.8. The van der Waals surface area contributed by atoms with Crippen LogP contribution >= 0.6 is 0 Å². The summed E-state index contributed by atoms with van der Waals surface area (Å²) in [4.78, 5) is 18.6. The number of rotatable bonds is 18. The van der Waals surface area contributed by atoms with Crippen molar-refractivity contribution in [1.29, 1.82) is 0 Å². The summed E-state index contributed by atoms with van der Waals surface area (Å²) in [6.45, 7) is 4.05. The van der Waals surface area contributed by atoms with Gasteiger partial charge in [-0.2, -0.15) is 0 Å². The van der Waals surface area contributed by atoms with Crippen molar-refractivity contribution in [1.82, 2.24) is 5.32 Å². The number of hydrogen-bond donors (Lipinski definition) is 2. The summed E-state index contributed by atoms with van der Waals surface area (Å²) in [7, 11) is 0. The summed E-state index contributed by atoms with van der Waals surface area (Å²) in [6.07, 6.45) is 3.13. The van der Waals surface area contributed by atoms with Crippen LogP contribution < -0.4 is 11.2 Å². The number of nitrogens with one attached hydrogen (secondary N) is 1. The minimum atomic E-state index is 0.0291. The molecule has 0 aromatic carbocycles. The third-order valence-corrected chi connectivity index (χ3v) is 2.88. The summed E-state index contributed by atoms with van der Waals surface area (Å²) in [5.41, 5.74) is 8.06. The van der Waals surface area contributed by atoms with E-state index in [9.17, 15) is 4.79 Å². The van der Waals surface area contributed by atoms with E-state index in [1.165, 1.54) is 0 Å². The first-order valence-electron chi connectivity index (χ1n) is 8.13. The number of unbranched alkanes of at least 4 members (excludes halogenated alkanes) is 2. The van der Waals surface area contributed by atoms with Crippen molar-refractivity contribution in [3.63, 3.8) is 0 Å². The van der Waals surface area contributed by atoms with Gasteiger partial charge in [-0.25, -0.2) is 5.90 Å². The number of hydrogen-bond acceptors (Lipinski definition) is 7. The summed E-state index contributed by atoms with van der Waals surface area (Å²) in [6, 6.07) is 0. The number of carbonyl (C=O) groups excluding carboxylic acids is 1. The molecule has 10 heteroatoms. The second-order valence-electron chi connectivity index (χ2n) is 4.82. The normalized spacial score (nSPS) is 10.4. The van der Waals surface area contributed by atoms with Gasteiger partial charge in [0.05, 0.1) is 46.2 Å². The van der Waals surface area contributed by atoms with Gasteiger partial charge in [-0.1, -0.05) is 11.5 Å². The molecule has 0 aliphatic rings. The van der Waals surface area contributed by atoms with Crippen LogP contribution in [0.2, 0.25) is 0 Å². The van der Waals surface area contributed by atoms with Crippen molar-refractivity contribution in [3.8, 4) is 0 Å². The van der Waals surface area contributed by atoms with E-state index in [4.69, 9.17) is 25.6 Å². The molecule has 0 aliphatic heterocycles.